The summed E-state index contributed by atoms with van der Waals surface area (Å²) in [5, 5.41) is 7.53. The SMILES string of the molecule is COc1cc(C)c(-c2[nH]ncc2CN)cc1Cl. The van der Waals surface area contributed by atoms with Crippen LogP contribution in [0.5, 0.6) is 5.75 Å². The fourth-order valence-electron chi connectivity index (χ4n) is 1.78. The second-order valence-corrected chi connectivity index (χ2v) is 4.18. The molecule has 4 nitrogen and oxygen atoms in total. The number of aromatic amines is 1. The fourth-order valence-corrected chi connectivity index (χ4v) is 2.02. The summed E-state index contributed by atoms with van der Waals surface area (Å²) in [6.07, 6.45) is 1.73. The van der Waals surface area contributed by atoms with Gasteiger partial charge in [0.05, 0.1) is 24.0 Å². The molecule has 0 saturated carbocycles. The Morgan fingerprint density at radius 1 is 1.47 bits per heavy atom. The second-order valence-electron chi connectivity index (χ2n) is 3.78. The minimum Gasteiger partial charge on any atom is -0.495 e. The number of halogens is 1. The highest BCUT2D eigenvalue weighted by atomic mass is 35.5. The molecule has 90 valence electrons. The first-order valence-corrected chi connectivity index (χ1v) is 5.62. The van der Waals surface area contributed by atoms with Gasteiger partial charge in [0.25, 0.3) is 0 Å². The average Bonchev–Trinajstić information content (AvgIpc) is 2.79. The number of nitrogens with zero attached hydrogens (tertiary/aromatic N) is 1. The van der Waals surface area contributed by atoms with Crippen LogP contribution >= 0.6 is 11.6 Å². The van der Waals surface area contributed by atoms with Crippen LogP contribution in [0.4, 0.5) is 0 Å². The Labute approximate surface area is 105 Å². The van der Waals surface area contributed by atoms with Gasteiger partial charge in [-0.2, -0.15) is 5.10 Å². The third-order valence-corrected chi connectivity index (χ3v) is 3.00. The summed E-state index contributed by atoms with van der Waals surface area (Å²) >= 11 is 6.12. The highest BCUT2D eigenvalue weighted by Gasteiger charge is 2.12. The zero-order valence-electron chi connectivity index (χ0n) is 9.75. The van der Waals surface area contributed by atoms with Crippen molar-refractivity contribution in [1.29, 1.82) is 0 Å². The molecule has 1 aromatic heterocycles. The van der Waals surface area contributed by atoms with E-state index in [4.69, 9.17) is 22.1 Å². The molecular weight excluding hydrogens is 238 g/mol. The maximum atomic E-state index is 6.12. The first kappa shape index (κ1) is 12.0. The number of nitrogens with one attached hydrogen (secondary N) is 1. The highest BCUT2D eigenvalue weighted by molar-refractivity contribution is 6.32. The Hall–Kier alpha value is -1.52. The summed E-state index contributed by atoms with van der Waals surface area (Å²) in [4.78, 5) is 0. The molecular formula is C12H14ClN3O. The molecule has 2 aromatic rings. The Balaban J connectivity index is 2.56. The van der Waals surface area contributed by atoms with Gasteiger partial charge in [0.1, 0.15) is 5.75 Å². The van der Waals surface area contributed by atoms with Crippen LogP contribution < -0.4 is 10.5 Å². The molecule has 0 unspecified atom stereocenters. The van der Waals surface area contributed by atoms with Crippen LogP contribution in [0, 0.1) is 6.92 Å². The molecule has 3 N–H and O–H groups in total. The topological polar surface area (TPSA) is 63.9 Å². The van der Waals surface area contributed by atoms with Gasteiger partial charge in [-0.05, 0) is 24.6 Å². The van der Waals surface area contributed by atoms with Gasteiger partial charge in [0.15, 0.2) is 0 Å². The summed E-state index contributed by atoms with van der Waals surface area (Å²) in [5.74, 6) is 0.668. The van der Waals surface area contributed by atoms with E-state index in [0.29, 0.717) is 17.3 Å². The second kappa shape index (κ2) is 4.77. The average molecular weight is 252 g/mol. The fraction of sp³-hybridized carbons (Fsp3) is 0.250. The van der Waals surface area contributed by atoms with Crippen molar-refractivity contribution in [1.82, 2.24) is 10.2 Å². The van der Waals surface area contributed by atoms with E-state index in [1.54, 1.807) is 13.3 Å². The number of hydrogen-bond acceptors (Lipinski definition) is 3. The lowest BCUT2D eigenvalue weighted by Gasteiger charge is -2.10. The molecule has 0 amide bonds. The van der Waals surface area contributed by atoms with Crippen LogP contribution in [-0.4, -0.2) is 17.3 Å². The summed E-state index contributed by atoms with van der Waals surface area (Å²) in [6, 6.07) is 3.77. The molecule has 0 aliphatic rings. The molecule has 0 spiro atoms. The minimum atomic E-state index is 0.439. The standard InChI is InChI=1S/C12H14ClN3O/c1-7-3-11(17-2)10(13)4-9(7)12-8(5-14)6-15-16-12/h3-4,6H,5,14H2,1-2H3,(H,15,16). The normalized spacial score (nSPS) is 10.6. The van der Waals surface area contributed by atoms with Crippen molar-refractivity contribution in [2.24, 2.45) is 5.73 Å². The van der Waals surface area contributed by atoms with E-state index in [2.05, 4.69) is 10.2 Å². The lowest BCUT2D eigenvalue weighted by atomic mass is 10.0. The number of aryl methyl sites for hydroxylation is 1. The number of aromatic nitrogens is 2. The maximum Gasteiger partial charge on any atom is 0.137 e. The molecule has 0 radical (unpaired) electrons. The molecule has 0 atom stereocenters. The van der Waals surface area contributed by atoms with Gasteiger partial charge in [-0.1, -0.05) is 11.6 Å². The zero-order valence-corrected chi connectivity index (χ0v) is 10.5. The van der Waals surface area contributed by atoms with Crippen LogP contribution in [0.3, 0.4) is 0 Å². The first-order chi connectivity index (χ1) is 8.17. The van der Waals surface area contributed by atoms with E-state index >= 15 is 0 Å². The van der Waals surface area contributed by atoms with Crippen LogP contribution in [0.25, 0.3) is 11.3 Å². The third kappa shape index (κ3) is 2.14. The largest absolute Gasteiger partial charge is 0.495 e. The van der Waals surface area contributed by atoms with Gasteiger partial charge in [-0.25, -0.2) is 0 Å². The molecule has 1 aromatic carbocycles. The first-order valence-electron chi connectivity index (χ1n) is 5.24. The number of methoxy groups -OCH3 is 1. The molecule has 0 fully saturated rings. The van der Waals surface area contributed by atoms with Crippen molar-refractivity contribution in [3.8, 4) is 17.0 Å². The number of nitrogens with two attached hydrogens (primary N) is 1. The molecule has 1 heterocycles. The van der Waals surface area contributed by atoms with Crippen LogP contribution in [0.1, 0.15) is 11.1 Å². The highest BCUT2D eigenvalue weighted by Crippen LogP contribution is 2.33. The monoisotopic (exact) mass is 251 g/mol. The van der Waals surface area contributed by atoms with Gasteiger partial charge in [-0.15, -0.1) is 0 Å². The van der Waals surface area contributed by atoms with Crippen molar-refractivity contribution in [2.45, 2.75) is 13.5 Å². The minimum absolute atomic E-state index is 0.439. The Morgan fingerprint density at radius 3 is 2.88 bits per heavy atom. The third-order valence-electron chi connectivity index (χ3n) is 2.71. The lowest BCUT2D eigenvalue weighted by molar-refractivity contribution is 0.415. The predicted molar refractivity (Wildman–Crippen MR) is 68.2 cm³/mol. The Kier molecular flexibility index (Phi) is 3.36. The van der Waals surface area contributed by atoms with Crippen molar-refractivity contribution in [2.75, 3.05) is 7.11 Å². The lowest BCUT2D eigenvalue weighted by Crippen LogP contribution is -1.98. The molecule has 5 heteroatoms. The molecule has 0 aliphatic heterocycles. The molecule has 2 rings (SSSR count). The van der Waals surface area contributed by atoms with Gasteiger partial charge in [-0.3, -0.25) is 5.10 Å². The quantitative estimate of drug-likeness (QED) is 0.881. The molecule has 17 heavy (non-hydrogen) atoms. The van der Waals surface area contributed by atoms with Crippen LogP contribution in [0.2, 0.25) is 5.02 Å². The molecule has 0 aliphatic carbocycles. The van der Waals surface area contributed by atoms with Crippen LogP contribution in [0.15, 0.2) is 18.3 Å². The summed E-state index contributed by atoms with van der Waals surface area (Å²) < 4.78 is 5.17. The van der Waals surface area contributed by atoms with Gasteiger partial charge in [0.2, 0.25) is 0 Å². The molecule has 0 bridgehead atoms. The Bertz CT molecular complexity index is 537. The van der Waals surface area contributed by atoms with E-state index < -0.39 is 0 Å². The smallest absolute Gasteiger partial charge is 0.137 e. The van der Waals surface area contributed by atoms with E-state index in [0.717, 1.165) is 22.4 Å². The van der Waals surface area contributed by atoms with Gasteiger partial charge >= 0.3 is 0 Å². The Morgan fingerprint density at radius 2 is 2.24 bits per heavy atom. The number of hydrogen-bond donors (Lipinski definition) is 2. The van der Waals surface area contributed by atoms with E-state index in [1.807, 2.05) is 19.1 Å². The van der Waals surface area contributed by atoms with Crippen LogP contribution in [-0.2, 0) is 6.54 Å². The van der Waals surface area contributed by atoms with Crippen molar-refractivity contribution >= 4 is 11.6 Å². The number of benzene rings is 1. The van der Waals surface area contributed by atoms with Gasteiger partial charge in [0, 0.05) is 17.7 Å². The number of rotatable bonds is 3. The number of ether oxygens (including phenoxy) is 1. The summed E-state index contributed by atoms with van der Waals surface area (Å²) in [6.45, 7) is 2.43. The predicted octanol–water partition coefficient (Wildman–Crippen LogP) is 2.51. The van der Waals surface area contributed by atoms with Crippen molar-refractivity contribution in [3.63, 3.8) is 0 Å². The van der Waals surface area contributed by atoms with Crippen molar-refractivity contribution < 1.29 is 4.74 Å². The van der Waals surface area contributed by atoms with E-state index in [1.165, 1.54) is 0 Å². The summed E-state index contributed by atoms with van der Waals surface area (Å²) in [5.41, 5.74) is 9.59. The van der Waals surface area contributed by atoms with Gasteiger partial charge < -0.3 is 10.5 Å². The molecule has 0 saturated heterocycles. The van der Waals surface area contributed by atoms with E-state index in [9.17, 15) is 0 Å². The van der Waals surface area contributed by atoms with E-state index in [-0.39, 0.29) is 0 Å². The van der Waals surface area contributed by atoms with Crippen molar-refractivity contribution in [3.05, 3.63) is 34.5 Å². The summed E-state index contributed by atoms with van der Waals surface area (Å²) in [7, 11) is 1.60. The maximum absolute atomic E-state index is 6.12. The zero-order chi connectivity index (χ0) is 12.4. The number of H-pyrrole nitrogens is 1.